The van der Waals surface area contributed by atoms with Crippen LogP contribution in [0.15, 0.2) is 23.6 Å². The Bertz CT molecular complexity index is 348. The van der Waals surface area contributed by atoms with E-state index in [1.165, 1.54) is 0 Å². The van der Waals surface area contributed by atoms with Crippen LogP contribution in [-0.4, -0.2) is 11.7 Å². The molecule has 0 saturated carbocycles. The average Bonchev–Trinajstić information content (AvgIpc) is 2.00. The molecular weight excluding hydrogens is 204 g/mol. The van der Waals surface area contributed by atoms with Crippen LogP contribution in [0.3, 0.4) is 0 Å². The van der Waals surface area contributed by atoms with Gasteiger partial charge in [-0.3, -0.25) is 10.5 Å². The molecule has 1 rings (SSSR count). The zero-order valence-electron chi connectivity index (χ0n) is 6.73. The third-order valence-corrected chi connectivity index (χ3v) is 1.81. The third kappa shape index (κ3) is 1.39. The first kappa shape index (κ1) is 10.7. The average molecular weight is 210 g/mol. The van der Waals surface area contributed by atoms with Gasteiger partial charge in [-0.05, 0) is 0 Å². The van der Waals surface area contributed by atoms with Gasteiger partial charge < -0.3 is 5.73 Å². The molecule has 78 valence electrons. The van der Waals surface area contributed by atoms with Crippen molar-refractivity contribution in [3.05, 3.63) is 23.6 Å². The second kappa shape index (κ2) is 3.09. The highest BCUT2D eigenvalue weighted by atomic mass is 19.2. The fraction of sp³-hybridized carbons (Fsp3) is 0.286. The van der Waals surface area contributed by atoms with Crippen molar-refractivity contribution < 1.29 is 22.4 Å². The lowest BCUT2D eigenvalue weighted by Gasteiger charge is -2.27. The number of halogens is 4. The van der Waals surface area contributed by atoms with Gasteiger partial charge >= 0.3 is 0 Å². The quantitative estimate of drug-likeness (QED) is 0.494. The molecule has 0 fully saturated rings. The van der Waals surface area contributed by atoms with E-state index in [2.05, 4.69) is 11.5 Å². The second-order valence-corrected chi connectivity index (χ2v) is 2.79. The van der Waals surface area contributed by atoms with Crippen LogP contribution in [0.5, 0.6) is 0 Å². The lowest BCUT2D eigenvalue weighted by Crippen LogP contribution is -2.51. The maximum Gasteiger partial charge on any atom is 0.232 e. The highest BCUT2D eigenvalue weighted by Gasteiger charge is 2.50. The Labute approximate surface area is 76.0 Å². The van der Waals surface area contributed by atoms with Gasteiger partial charge in [0, 0.05) is 6.08 Å². The Morgan fingerprint density at radius 1 is 1.43 bits per heavy atom. The highest BCUT2D eigenvalue weighted by Crippen LogP contribution is 2.39. The van der Waals surface area contributed by atoms with Gasteiger partial charge in [-0.2, -0.15) is 0 Å². The van der Waals surface area contributed by atoms with Crippen LogP contribution in [0.4, 0.5) is 17.6 Å². The predicted molar refractivity (Wildman–Crippen MR) is 39.1 cm³/mol. The molecule has 0 heterocycles. The summed E-state index contributed by atoms with van der Waals surface area (Å²) in [6.45, 7) is 0. The molecule has 0 aromatic heterocycles. The summed E-state index contributed by atoms with van der Waals surface area (Å²) in [6, 6.07) is 0. The summed E-state index contributed by atoms with van der Waals surface area (Å²) in [4.78, 5) is 10.5. The van der Waals surface area contributed by atoms with Crippen molar-refractivity contribution in [2.24, 2.45) is 17.4 Å². The number of carbonyl (C=O) groups is 1. The van der Waals surface area contributed by atoms with E-state index in [1.54, 1.807) is 0 Å². The smallest absolute Gasteiger partial charge is 0.232 e. The first-order chi connectivity index (χ1) is 6.28. The molecule has 0 radical (unpaired) electrons. The molecule has 4 N–H and O–H groups in total. The molecule has 7 heteroatoms. The van der Waals surface area contributed by atoms with Gasteiger partial charge in [0.05, 0.1) is 0 Å². The monoisotopic (exact) mass is 210 g/mol. The van der Waals surface area contributed by atoms with Gasteiger partial charge in [0.15, 0.2) is 17.5 Å². The van der Waals surface area contributed by atoms with Crippen molar-refractivity contribution in [3.8, 4) is 0 Å². The van der Waals surface area contributed by atoms with Gasteiger partial charge in [-0.1, -0.05) is 0 Å². The molecule has 1 amide bonds. The summed E-state index contributed by atoms with van der Waals surface area (Å²) < 4.78 is 51.3. The zero-order chi connectivity index (χ0) is 11.1. The molecule has 14 heavy (non-hydrogen) atoms. The van der Waals surface area contributed by atoms with Crippen molar-refractivity contribution >= 4 is 5.91 Å². The standard InChI is InChI=1S/C7H6F4N2O/c8-2-1-3(9)7(11,13)4(5(2)10)6(12)14/h1,4H,13H2,(H2,12,14). The molecule has 2 atom stereocenters. The normalized spacial score (nSPS) is 32.9. The maximum atomic E-state index is 13.2. The van der Waals surface area contributed by atoms with Crippen molar-refractivity contribution in [3.63, 3.8) is 0 Å². The summed E-state index contributed by atoms with van der Waals surface area (Å²) in [5, 5.41) is 0. The van der Waals surface area contributed by atoms with Crippen LogP contribution in [-0.2, 0) is 4.79 Å². The molecule has 0 saturated heterocycles. The van der Waals surface area contributed by atoms with Gasteiger partial charge in [0.25, 0.3) is 0 Å². The molecular formula is C7H6F4N2O. The van der Waals surface area contributed by atoms with Crippen molar-refractivity contribution in [2.45, 2.75) is 5.79 Å². The number of amides is 1. The third-order valence-electron chi connectivity index (χ3n) is 1.81. The molecule has 1 aliphatic rings. The minimum Gasteiger partial charge on any atom is -0.369 e. The zero-order valence-corrected chi connectivity index (χ0v) is 6.73. The van der Waals surface area contributed by atoms with E-state index >= 15 is 0 Å². The van der Waals surface area contributed by atoms with Gasteiger partial charge in [-0.15, -0.1) is 0 Å². The van der Waals surface area contributed by atoms with Gasteiger partial charge in [0.2, 0.25) is 11.7 Å². The van der Waals surface area contributed by atoms with E-state index in [1.807, 2.05) is 0 Å². The number of allylic oxidation sites excluding steroid dienone is 2. The number of rotatable bonds is 1. The largest absolute Gasteiger partial charge is 0.369 e. The molecule has 0 aromatic rings. The van der Waals surface area contributed by atoms with Gasteiger partial charge in [0.1, 0.15) is 5.92 Å². The number of nitrogens with two attached hydrogens (primary N) is 2. The number of primary amides is 1. The van der Waals surface area contributed by atoms with Crippen molar-refractivity contribution in [1.29, 1.82) is 0 Å². The second-order valence-electron chi connectivity index (χ2n) is 2.79. The van der Waals surface area contributed by atoms with E-state index in [0.29, 0.717) is 0 Å². The lowest BCUT2D eigenvalue weighted by molar-refractivity contribution is -0.125. The molecule has 0 aliphatic heterocycles. The minimum absolute atomic E-state index is 0.0607. The fourth-order valence-corrected chi connectivity index (χ4v) is 1.08. The van der Waals surface area contributed by atoms with Gasteiger partial charge in [-0.25, -0.2) is 17.6 Å². The van der Waals surface area contributed by atoms with Crippen LogP contribution in [0.1, 0.15) is 0 Å². The van der Waals surface area contributed by atoms with E-state index in [0.717, 1.165) is 0 Å². The fourth-order valence-electron chi connectivity index (χ4n) is 1.08. The van der Waals surface area contributed by atoms with Crippen LogP contribution in [0, 0.1) is 5.92 Å². The summed E-state index contributed by atoms with van der Waals surface area (Å²) in [5.41, 5.74) is 9.23. The predicted octanol–water partition coefficient (Wildman–Crippen LogP) is 0.730. The van der Waals surface area contributed by atoms with Crippen molar-refractivity contribution in [2.75, 3.05) is 0 Å². The molecule has 0 aromatic carbocycles. The topological polar surface area (TPSA) is 69.1 Å². The van der Waals surface area contributed by atoms with Crippen LogP contribution >= 0.6 is 0 Å². The summed E-state index contributed by atoms with van der Waals surface area (Å²) in [5.74, 6) is -12.7. The highest BCUT2D eigenvalue weighted by molar-refractivity contribution is 5.82. The molecule has 2 unspecified atom stereocenters. The van der Waals surface area contributed by atoms with E-state index in [4.69, 9.17) is 0 Å². The van der Waals surface area contributed by atoms with E-state index in [9.17, 15) is 22.4 Å². The first-order valence-electron chi connectivity index (χ1n) is 3.48. The summed E-state index contributed by atoms with van der Waals surface area (Å²) in [6.07, 6.45) is -0.0607. The van der Waals surface area contributed by atoms with Crippen molar-refractivity contribution in [1.82, 2.24) is 0 Å². The molecule has 0 spiro atoms. The Morgan fingerprint density at radius 3 is 2.36 bits per heavy atom. The summed E-state index contributed by atoms with van der Waals surface area (Å²) in [7, 11) is 0. The number of hydrogen-bond donors (Lipinski definition) is 2. The number of alkyl halides is 1. The van der Waals surface area contributed by atoms with E-state index in [-0.39, 0.29) is 6.08 Å². The number of carbonyl (C=O) groups excluding carboxylic acids is 1. The lowest BCUT2D eigenvalue weighted by atomic mass is 9.90. The van der Waals surface area contributed by atoms with Crippen LogP contribution in [0.25, 0.3) is 0 Å². The molecule has 0 bridgehead atoms. The number of hydrogen-bond acceptors (Lipinski definition) is 2. The first-order valence-corrected chi connectivity index (χ1v) is 3.48. The Kier molecular flexibility index (Phi) is 2.36. The Morgan fingerprint density at radius 2 is 1.93 bits per heavy atom. The van der Waals surface area contributed by atoms with Crippen LogP contribution in [0.2, 0.25) is 0 Å². The van der Waals surface area contributed by atoms with Crippen LogP contribution < -0.4 is 11.5 Å². The molecule has 1 aliphatic carbocycles. The molecule has 3 nitrogen and oxygen atoms in total. The maximum absolute atomic E-state index is 13.2. The minimum atomic E-state index is -3.43. The van der Waals surface area contributed by atoms with E-state index < -0.39 is 35.1 Å². The SMILES string of the molecule is NC(=O)C1C(F)=C(F)C=C(F)C1(N)F. The Hall–Kier alpha value is -1.37. The Balaban J connectivity index is 3.29. The summed E-state index contributed by atoms with van der Waals surface area (Å²) >= 11 is 0.